The van der Waals surface area contributed by atoms with Crippen molar-refractivity contribution in [1.82, 2.24) is 0 Å². The van der Waals surface area contributed by atoms with Crippen LogP contribution in [-0.2, 0) is 4.79 Å². The Bertz CT molecular complexity index is 253. The Labute approximate surface area is 72.6 Å². The van der Waals surface area contributed by atoms with Crippen molar-refractivity contribution in [3.05, 3.63) is 29.8 Å². The molecule has 0 unspecified atom stereocenters. The molecule has 1 rings (SSSR count). The van der Waals surface area contributed by atoms with E-state index in [1.54, 1.807) is 0 Å². The van der Waals surface area contributed by atoms with E-state index in [9.17, 15) is 4.79 Å². The highest BCUT2D eigenvalue weighted by atomic mass is 16.1. The van der Waals surface area contributed by atoms with Crippen molar-refractivity contribution in [1.29, 1.82) is 0 Å². The summed E-state index contributed by atoms with van der Waals surface area (Å²) in [4.78, 5) is 10.3. The van der Waals surface area contributed by atoms with Gasteiger partial charge in [-0.3, -0.25) is 0 Å². The number of hydrogen-bond acceptors (Lipinski definition) is 2. The first kappa shape index (κ1) is 8.78. The van der Waals surface area contributed by atoms with E-state index in [0.717, 1.165) is 12.0 Å². The number of anilines is 1. The summed E-state index contributed by atoms with van der Waals surface area (Å²) in [5.74, 6) is 0. The summed E-state index contributed by atoms with van der Waals surface area (Å²) in [5, 5.41) is 3.05. The van der Waals surface area contributed by atoms with Gasteiger partial charge in [-0.25, -0.2) is 0 Å². The highest BCUT2D eigenvalue weighted by Gasteiger charge is 1.97. The van der Waals surface area contributed by atoms with Crippen LogP contribution < -0.4 is 5.32 Å². The quantitative estimate of drug-likeness (QED) is 0.690. The van der Waals surface area contributed by atoms with Gasteiger partial charge < -0.3 is 10.1 Å². The third-order valence-corrected chi connectivity index (χ3v) is 1.65. The van der Waals surface area contributed by atoms with Crippen molar-refractivity contribution in [2.24, 2.45) is 0 Å². The first-order valence-corrected chi connectivity index (χ1v) is 4.01. The third-order valence-electron chi connectivity index (χ3n) is 1.65. The van der Waals surface area contributed by atoms with Gasteiger partial charge in [-0.05, 0) is 26.0 Å². The molecule has 0 radical (unpaired) electrons. The van der Waals surface area contributed by atoms with Crippen molar-refractivity contribution in [2.75, 3.05) is 5.32 Å². The van der Waals surface area contributed by atoms with E-state index in [1.807, 2.05) is 38.1 Å². The van der Waals surface area contributed by atoms with Crippen LogP contribution in [0.3, 0.4) is 0 Å². The number of aldehydes is 1. The van der Waals surface area contributed by atoms with Crippen LogP contribution in [0, 0.1) is 6.92 Å². The first-order chi connectivity index (χ1) is 5.72. The Hall–Kier alpha value is -1.31. The van der Waals surface area contributed by atoms with E-state index in [4.69, 9.17) is 0 Å². The molecule has 2 heteroatoms. The largest absolute Gasteiger partial charge is 0.376 e. The molecular formula is C10H13NO. The molecule has 0 heterocycles. The fourth-order valence-corrected chi connectivity index (χ4v) is 0.947. The van der Waals surface area contributed by atoms with E-state index in [0.29, 0.717) is 0 Å². The molecular weight excluding hydrogens is 150 g/mol. The SMILES string of the molecule is Cc1ccc(N[C@@H](C)C=O)cc1. The summed E-state index contributed by atoms with van der Waals surface area (Å²) >= 11 is 0. The van der Waals surface area contributed by atoms with Gasteiger partial charge in [0.05, 0.1) is 6.04 Å². The summed E-state index contributed by atoms with van der Waals surface area (Å²) < 4.78 is 0. The van der Waals surface area contributed by atoms with E-state index in [-0.39, 0.29) is 6.04 Å². The van der Waals surface area contributed by atoms with Gasteiger partial charge in [-0.1, -0.05) is 17.7 Å². The van der Waals surface area contributed by atoms with E-state index >= 15 is 0 Å². The Balaban J connectivity index is 2.64. The molecule has 0 amide bonds. The van der Waals surface area contributed by atoms with Gasteiger partial charge in [0.2, 0.25) is 0 Å². The van der Waals surface area contributed by atoms with Crippen LogP contribution in [0.4, 0.5) is 5.69 Å². The molecule has 0 bridgehead atoms. The maximum atomic E-state index is 10.3. The van der Waals surface area contributed by atoms with E-state index < -0.39 is 0 Å². The zero-order valence-corrected chi connectivity index (χ0v) is 7.37. The zero-order chi connectivity index (χ0) is 8.97. The maximum absolute atomic E-state index is 10.3. The number of benzene rings is 1. The number of aryl methyl sites for hydroxylation is 1. The maximum Gasteiger partial charge on any atom is 0.141 e. The van der Waals surface area contributed by atoms with Crippen molar-refractivity contribution in [2.45, 2.75) is 19.9 Å². The minimum atomic E-state index is -0.118. The summed E-state index contributed by atoms with van der Waals surface area (Å²) in [7, 11) is 0. The molecule has 12 heavy (non-hydrogen) atoms. The molecule has 64 valence electrons. The molecule has 0 spiro atoms. The molecule has 0 aliphatic rings. The predicted octanol–water partition coefficient (Wildman–Crippen LogP) is 1.99. The lowest BCUT2D eigenvalue weighted by molar-refractivity contribution is -0.108. The third kappa shape index (κ3) is 2.38. The van der Waals surface area contributed by atoms with Crippen molar-refractivity contribution in [3.63, 3.8) is 0 Å². The summed E-state index contributed by atoms with van der Waals surface area (Å²) in [6.07, 6.45) is 0.889. The molecule has 0 aromatic heterocycles. The Morgan fingerprint density at radius 2 is 1.92 bits per heavy atom. The van der Waals surface area contributed by atoms with Crippen molar-refractivity contribution < 1.29 is 4.79 Å². The van der Waals surface area contributed by atoms with Gasteiger partial charge in [0.25, 0.3) is 0 Å². The minimum absolute atomic E-state index is 0.118. The van der Waals surface area contributed by atoms with Crippen molar-refractivity contribution in [3.8, 4) is 0 Å². The summed E-state index contributed by atoms with van der Waals surface area (Å²) in [6.45, 7) is 3.86. The molecule has 0 aliphatic carbocycles. The highest BCUT2D eigenvalue weighted by Crippen LogP contribution is 2.08. The van der Waals surface area contributed by atoms with Gasteiger partial charge >= 0.3 is 0 Å². The number of hydrogen-bond donors (Lipinski definition) is 1. The molecule has 0 aliphatic heterocycles. The second kappa shape index (κ2) is 3.90. The minimum Gasteiger partial charge on any atom is -0.376 e. The first-order valence-electron chi connectivity index (χ1n) is 4.01. The van der Waals surface area contributed by atoms with Gasteiger partial charge in [-0.2, -0.15) is 0 Å². The molecule has 2 nitrogen and oxygen atoms in total. The smallest absolute Gasteiger partial charge is 0.141 e. The summed E-state index contributed by atoms with van der Waals surface area (Å²) in [6, 6.07) is 7.84. The summed E-state index contributed by atoms with van der Waals surface area (Å²) in [5.41, 5.74) is 2.21. The predicted molar refractivity (Wildman–Crippen MR) is 50.3 cm³/mol. The topological polar surface area (TPSA) is 29.1 Å². The van der Waals surface area contributed by atoms with Gasteiger partial charge in [-0.15, -0.1) is 0 Å². The number of nitrogens with one attached hydrogen (secondary N) is 1. The standard InChI is InChI=1S/C10H13NO/c1-8-3-5-10(6-4-8)11-9(2)7-12/h3-7,9,11H,1-2H3/t9-/m0/s1. The van der Waals surface area contributed by atoms with Crippen LogP contribution in [-0.4, -0.2) is 12.3 Å². The lowest BCUT2D eigenvalue weighted by Gasteiger charge is -2.08. The van der Waals surface area contributed by atoms with Gasteiger partial charge in [0, 0.05) is 5.69 Å². The Morgan fingerprint density at radius 3 is 2.42 bits per heavy atom. The van der Waals surface area contributed by atoms with Crippen LogP contribution in [0.2, 0.25) is 0 Å². The Kier molecular flexibility index (Phi) is 2.86. The zero-order valence-electron chi connectivity index (χ0n) is 7.37. The Morgan fingerprint density at radius 1 is 1.33 bits per heavy atom. The number of carbonyl (C=O) groups is 1. The van der Waals surface area contributed by atoms with Crippen LogP contribution in [0.25, 0.3) is 0 Å². The van der Waals surface area contributed by atoms with E-state index in [1.165, 1.54) is 5.56 Å². The average molecular weight is 163 g/mol. The number of rotatable bonds is 3. The fraction of sp³-hybridized carbons (Fsp3) is 0.300. The average Bonchev–Trinajstić information content (AvgIpc) is 2.09. The van der Waals surface area contributed by atoms with Crippen molar-refractivity contribution >= 4 is 12.0 Å². The normalized spacial score (nSPS) is 12.2. The molecule has 0 fully saturated rings. The van der Waals surface area contributed by atoms with E-state index in [2.05, 4.69) is 5.32 Å². The van der Waals surface area contributed by atoms with Crippen LogP contribution in [0.1, 0.15) is 12.5 Å². The molecule has 1 N–H and O–H groups in total. The molecule has 1 atom stereocenters. The van der Waals surface area contributed by atoms with Gasteiger partial charge in [0.15, 0.2) is 0 Å². The van der Waals surface area contributed by atoms with Crippen LogP contribution in [0.15, 0.2) is 24.3 Å². The monoisotopic (exact) mass is 163 g/mol. The highest BCUT2D eigenvalue weighted by molar-refractivity contribution is 5.63. The molecule has 1 aromatic carbocycles. The van der Waals surface area contributed by atoms with Crippen LogP contribution >= 0.6 is 0 Å². The second-order valence-corrected chi connectivity index (χ2v) is 2.94. The second-order valence-electron chi connectivity index (χ2n) is 2.94. The molecule has 0 saturated heterocycles. The molecule has 0 saturated carbocycles. The lowest BCUT2D eigenvalue weighted by Crippen LogP contribution is -2.15. The van der Waals surface area contributed by atoms with Gasteiger partial charge in [0.1, 0.15) is 6.29 Å². The lowest BCUT2D eigenvalue weighted by atomic mass is 10.2. The van der Waals surface area contributed by atoms with Crippen LogP contribution in [0.5, 0.6) is 0 Å². The fourth-order valence-electron chi connectivity index (χ4n) is 0.947. The number of carbonyl (C=O) groups excluding carboxylic acids is 1. The molecule has 1 aromatic rings.